The molecule has 22 heavy (non-hydrogen) atoms. The number of nitrogens with zero attached hydrogens (tertiary/aromatic N) is 4. The summed E-state index contributed by atoms with van der Waals surface area (Å²) in [6, 6.07) is 0. The van der Waals surface area contributed by atoms with Crippen molar-refractivity contribution in [1.29, 1.82) is 0 Å². The minimum Gasteiger partial charge on any atom is -0.450 e. The van der Waals surface area contributed by atoms with Crippen LogP contribution in [0.3, 0.4) is 0 Å². The molecule has 0 radical (unpaired) electrons. The highest BCUT2D eigenvalue weighted by Crippen LogP contribution is 2.10. The van der Waals surface area contributed by atoms with E-state index in [1.807, 2.05) is 17.8 Å². The van der Waals surface area contributed by atoms with E-state index in [1.54, 1.807) is 16.7 Å². The van der Waals surface area contributed by atoms with Crippen molar-refractivity contribution in [2.24, 2.45) is 0 Å². The van der Waals surface area contributed by atoms with E-state index in [-0.39, 0.29) is 12.0 Å². The molecule has 1 aliphatic heterocycles. The third kappa shape index (κ3) is 4.34. The second-order valence-electron chi connectivity index (χ2n) is 5.14. The van der Waals surface area contributed by atoms with Gasteiger partial charge in [-0.15, -0.1) is 0 Å². The van der Waals surface area contributed by atoms with Crippen LogP contribution in [0, 0.1) is 10.5 Å². The van der Waals surface area contributed by atoms with Crippen LogP contribution in [-0.4, -0.2) is 64.4 Å². The van der Waals surface area contributed by atoms with Gasteiger partial charge < -0.3 is 14.5 Å². The highest BCUT2D eigenvalue weighted by atomic mass is 127. The average Bonchev–Trinajstić information content (AvgIpc) is 2.84. The van der Waals surface area contributed by atoms with Crippen molar-refractivity contribution in [3.05, 3.63) is 15.5 Å². The van der Waals surface area contributed by atoms with E-state index < -0.39 is 0 Å². The van der Waals surface area contributed by atoms with Gasteiger partial charge in [0.05, 0.1) is 15.9 Å². The molecular formula is C14H21IN4O3. The van der Waals surface area contributed by atoms with Gasteiger partial charge in [-0.2, -0.15) is 5.10 Å². The molecule has 0 saturated carbocycles. The number of piperazine rings is 1. The molecule has 1 saturated heterocycles. The van der Waals surface area contributed by atoms with Gasteiger partial charge in [-0.1, -0.05) is 0 Å². The van der Waals surface area contributed by atoms with Crippen molar-refractivity contribution in [3.63, 3.8) is 0 Å². The van der Waals surface area contributed by atoms with Gasteiger partial charge in [-0.25, -0.2) is 4.79 Å². The Balaban J connectivity index is 1.76. The van der Waals surface area contributed by atoms with Crippen molar-refractivity contribution in [2.75, 3.05) is 32.8 Å². The zero-order valence-corrected chi connectivity index (χ0v) is 15.1. The van der Waals surface area contributed by atoms with Crippen LogP contribution in [0.15, 0.2) is 6.20 Å². The normalized spacial score (nSPS) is 15.0. The number of hydrogen-bond donors (Lipinski definition) is 0. The number of aromatic nitrogens is 2. The van der Waals surface area contributed by atoms with E-state index >= 15 is 0 Å². The number of aryl methyl sites for hydroxylation is 2. The van der Waals surface area contributed by atoms with Crippen LogP contribution in [-0.2, 0) is 16.1 Å². The van der Waals surface area contributed by atoms with E-state index in [4.69, 9.17) is 4.74 Å². The molecule has 0 aliphatic carbocycles. The third-order valence-corrected chi connectivity index (χ3v) is 4.66. The van der Waals surface area contributed by atoms with Gasteiger partial charge in [0.1, 0.15) is 0 Å². The summed E-state index contributed by atoms with van der Waals surface area (Å²) in [5, 5.41) is 4.35. The highest BCUT2D eigenvalue weighted by molar-refractivity contribution is 14.1. The predicted octanol–water partition coefficient (Wildman–Crippen LogP) is 1.49. The lowest BCUT2D eigenvalue weighted by atomic mass is 10.3. The van der Waals surface area contributed by atoms with Gasteiger partial charge in [0, 0.05) is 45.3 Å². The molecule has 0 atom stereocenters. The summed E-state index contributed by atoms with van der Waals surface area (Å²) < 4.78 is 7.88. The molecule has 1 fully saturated rings. The summed E-state index contributed by atoms with van der Waals surface area (Å²) in [5.41, 5.74) is 0.982. The number of amides is 2. The Morgan fingerprint density at radius 3 is 2.45 bits per heavy atom. The van der Waals surface area contributed by atoms with Gasteiger partial charge in [0.15, 0.2) is 0 Å². The van der Waals surface area contributed by atoms with E-state index in [0.717, 1.165) is 9.26 Å². The van der Waals surface area contributed by atoms with Crippen LogP contribution >= 0.6 is 22.6 Å². The fourth-order valence-electron chi connectivity index (χ4n) is 2.33. The van der Waals surface area contributed by atoms with Crippen LogP contribution in [0.1, 0.15) is 19.0 Å². The molecule has 0 unspecified atom stereocenters. The Kier molecular flexibility index (Phi) is 6.04. The summed E-state index contributed by atoms with van der Waals surface area (Å²) >= 11 is 2.23. The lowest BCUT2D eigenvalue weighted by Crippen LogP contribution is -2.50. The fraction of sp³-hybridized carbons (Fsp3) is 0.643. The van der Waals surface area contributed by atoms with Crippen LogP contribution in [0.5, 0.6) is 0 Å². The molecule has 1 aliphatic rings. The maximum Gasteiger partial charge on any atom is 0.409 e. The first-order valence-corrected chi connectivity index (χ1v) is 8.48. The maximum absolute atomic E-state index is 12.2. The average molecular weight is 420 g/mol. The molecule has 0 spiro atoms. The Morgan fingerprint density at radius 1 is 1.27 bits per heavy atom. The lowest BCUT2D eigenvalue weighted by Gasteiger charge is -2.34. The van der Waals surface area contributed by atoms with E-state index in [1.165, 1.54) is 0 Å². The van der Waals surface area contributed by atoms with Crippen molar-refractivity contribution >= 4 is 34.6 Å². The molecule has 0 bridgehead atoms. The topological polar surface area (TPSA) is 67.7 Å². The highest BCUT2D eigenvalue weighted by Gasteiger charge is 2.24. The number of carbonyl (C=O) groups is 2. The fourth-order valence-corrected chi connectivity index (χ4v) is 2.76. The van der Waals surface area contributed by atoms with Crippen molar-refractivity contribution in [2.45, 2.75) is 26.8 Å². The molecule has 8 heteroatoms. The molecule has 2 rings (SSSR count). The first-order chi connectivity index (χ1) is 10.5. The van der Waals surface area contributed by atoms with E-state index in [2.05, 4.69) is 27.7 Å². The van der Waals surface area contributed by atoms with Crippen LogP contribution in [0.25, 0.3) is 0 Å². The smallest absolute Gasteiger partial charge is 0.409 e. The summed E-state index contributed by atoms with van der Waals surface area (Å²) in [5.74, 6) is 0.103. The zero-order chi connectivity index (χ0) is 16.1. The number of ether oxygens (including phenoxy) is 1. The van der Waals surface area contributed by atoms with E-state index in [0.29, 0.717) is 45.8 Å². The molecule has 0 N–H and O–H groups in total. The van der Waals surface area contributed by atoms with Gasteiger partial charge in [0.2, 0.25) is 5.91 Å². The largest absolute Gasteiger partial charge is 0.450 e. The molecule has 0 aromatic carbocycles. The summed E-state index contributed by atoms with van der Waals surface area (Å²) in [6.45, 7) is 6.89. The molecule has 2 amide bonds. The first kappa shape index (κ1) is 17.0. The van der Waals surface area contributed by atoms with Crippen molar-refractivity contribution < 1.29 is 14.3 Å². The number of carbonyl (C=O) groups excluding carboxylic acids is 2. The molecule has 2 heterocycles. The number of halogens is 1. The van der Waals surface area contributed by atoms with Crippen molar-refractivity contribution in [3.8, 4) is 0 Å². The Morgan fingerprint density at radius 2 is 1.91 bits per heavy atom. The minimum atomic E-state index is -0.295. The summed E-state index contributed by atoms with van der Waals surface area (Å²) in [6.07, 6.45) is 2.08. The Hall–Kier alpha value is -1.32. The molecule has 1 aromatic rings. The van der Waals surface area contributed by atoms with Crippen LogP contribution in [0.2, 0.25) is 0 Å². The standard InChI is InChI=1S/C14H21IN4O3/c1-3-22-14(21)18-8-6-17(7-9-18)13(20)4-5-19-10-12(15)11(2)16-19/h10H,3-9H2,1-2H3. The quantitative estimate of drug-likeness (QED) is 0.693. The van der Waals surface area contributed by atoms with Gasteiger partial charge in [0.25, 0.3) is 0 Å². The third-order valence-electron chi connectivity index (χ3n) is 3.60. The van der Waals surface area contributed by atoms with Crippen molar-refractivity contribution in [1.82, 2.24) is 19.6 Å². The van der Waals surface area contributed by atoms with Gasteiger partial charge >= 0.3 is 6.09 Å². The SMILES string of the molecule is CCOC(=O)N1CCN(C(=O)CCn2cc(I)c(C)n2)CC1. The Labute approximate surface area is 143 Å². The number of rotatable bonds is 4. The van der Waals surface area contributed by atoms with Crippen LogP contribution in [0.4, 0.5) is 4.79 Å². The molecule has 1 aromatic heterocycles. The lowest BCUT2D eigenvalue weighted by molar-refractivity contribution is -0.133. The number of hydrogen-bond acceptors (Lipinski definition) is 4. The van der Waals surface area contributed by atoms with E-state index in [9.17, 15) is 9.59 Å². The predicted molar refractivity (Wildman–Crippen MR) is 89.5 cm³/mol. The molecule has 122 valence electrons. The second-order valence-corrected chi connectivity index (χ2v) is 6.30. The second kappa shape index (κ2) is 7.80. The minimum absolute atomic E-state index is 0.103. The molecular weight excluding hydrogens is 399 g/mol. The summed E-state index contributed by atoms with van der Waals surface area (Å²) in [4.78, 5) is 27.3. The summed E-state index contributed by atoms with van der Waals surface area (Å²) in [7, 11) is 0. The molecule has 7 nitrogen and oxygen atoms in total. The maximum atomic E-state index is 12.2. The van der Waals surface area contributed by atoms with Crippen LogP contribution < -0.4 is 0 Å². The first-order valence-electron chi connectivity index (χ1n) is 7.40. The monoisotopic (exact) mass is 420 g/mol. The Bertz CT molecular complexity index is 519. The van der Waals surface area contributed by atoms with Gasteiger partial charge in [-0.05, 0) is 36.4 Å². The zero-order valence-electron chi connectivity index (χ0n) is 12.9. The van der Waals surface area contributed by atoms with Gasteiger partial charge in [-0.3, -0.25) is 9.48 Å².